The van der Waals surface area contributed by atoms with E-state index in [4.69, 9.17) is 16.0 Å². The summed E-state index contributed by atoms with van der Waals surface area (Å²) >= 11 is 6.10. The van der Waals surface area contributed by atoms with Gasteiger partial charge in [0.05, 0.1) is 22.1 Å². The highest BCUT2D eigenvalue weighted by Crippen LogP contribution is 2.36. The van der Waals surface area contributed by atoms with Gasteiger partial charge in [0, 0.05) is 23.5 Å². The largest absolute Gasteiger partial charge is 0.506 e. The van der Waals surface area contributed by atoms with E-state index < -0.39 is 15.5 Å². The first-order valence-electron chi connectivity index (χ1n) is 7.58. The lowest BCUT2D eigenvalue weighted by atomic mass is 10.0. The molecule has 1 aliphatic rings. The first-order chi connectivity index (χ1) is 11.2. The molecule has 2 heterocycles. The third-order valence-electron chi connectivity index (χ3n) is 4.57. The summed E-state index contributed by atoms with van der Waals surface area (Å²) in [5.41, 5.74) is 1.41. The van der Waals surface area contributed by atoms with Gasteiger partial charge in [0.1, 0.15) is 11.3 Å². The van der Waals surface area contributed by atoms with Crippen molar-refractivity contribution in [1.29, 1.82) is 0 Å². The SMILES string of the molecule is Cc1c(C)c2cc(Cl)c(O)c(CNC3CCS(=O)(=O)C3)c2oc1=O. The van der Waals surface area contributed by atoms with E-state index in [1.54, 1.807) is 19.9 Å². The van der Waals surface area contributed by atoms with Gasteiger partial charge in [-0.25, -0.2) is 13.2 Å². The number of hydrogen-bond acceptors (Lipinski definition) is 6. The van der Waals surface area contributed by atoms with Crippen LogP contribution in [0.25, 0.3) is 11.0 Å². The molecule has 1 unspecified atom stereocenters. The molecule has 1 aromatic carbocycles. The highest BCUT2D eigenvalue weighted by molar-refractivity contribution is 7.91. The Labute approximate surface area is 144 Å². The highest BCUT2D eigenvalue weighted by atomic mass is 35.5. The van der Waals surface area contributed by atoms with E-state index in [9.17, 15) is 18.3 Å². The summed E-state index contributed by atoms with van der Waals surface area (Å²) in [5.74, 6) is 0.0539. The average molecular weight is 372 g/mol. The Hall–Kier alpha value is -1.57. The highest BCUT2D eigenvalue weighted by Gasteiger charge is 2.28. The van der Waals surface area contributed by atoms with E-state index >= 15 is 0 Å². The van der Waals surface area contributed by atoms with Crippen molar-refractivity contribution in [3.63, 3.8) is 0 Å². The number of nitrogens with one attached hydrogen (secondary N) is 1. The second-order valence-corrected chi connectivity index (χ2v) is 8.82. The predicted octanol–water partition coefficient (Wildman–Crippen LogP) is 2.05. The van der Waals surface area contributed by atoms with Gasteiger partial charge in [-0.05, 0) is 31.9 Å². The van der Waals surface area contributed by atoms with Crippen LogP contribution in [0.5, 0.6) is 5.75 Å². The summed E-state index contributed by atoms with van der Waals surface area (Å²) in [6.07, 6.45) is 0.518. The van der Waals surface area contributed by atoms with Gasteiger partial charge in [-0.15, -0.1) is 0 Å². The molecule has 0 spiro atoms. The molecule has 3 rings (SSSR count). The molecule has 1 aromatic heterocycles. The van der Waals surface area contributed by atoms with Crippen molar-refractivity contribution in [2.45, 2.75) is 32.9 Å². The van der Waals surface area contributed by atoms with Crippen LogP contribution in [0.15, 0.2) is 15.3 Å². The third-order valence-corrected chi connectivity index (χ3v) is 6.63. The minimum atomic E-state index is -3.00. The van der Waals surface area contributed by atoms with E-state index in [2.05, 4.69) is 5.32 Å². The molecule has 6 nitrogen and oxygen atoms in total. The van der Waals surface area contributed by atoms with Crippen molar-refractivity contribution in [3.05, 3.63) is 38.2 Å². The van der Waals surface area contributed by atoms with E-state index in [1.807, 2.05) is 0 Å². The summed E-state index contributed by atoms with van der Waals surface area (Å²) in [5, 5.41) is 14.2. The van der Waals surface area contributed by atoms with Gasteiger partial charge in [-0.1, -0.05) is 11.6 Å². The maximum absolute atomic E-state index is 12.0. The Bertz CT molecular complexity index is 980. The zero-order valence-corrected chi connectivity index (χ0v) is 14.9. The third kappa shape index (κ3) is 3.03. The molecular formula is C16H18ClNO5S. The smallest absolute Gasteiger partial charge is 0.339 e. The van der Waals surface area contributed by atoms with Gasteiger partial charge in [-0.3, -0.25) is 0 Å². The molecule has 0 amide bonds. The summed E-state index contributed by atoms with van der Waals surface area (Å²) in [4.78, 5) is 12.0. The van der Waals surface area contributed by atoms with Gasteiger partial charge in [-0.2, -0.15) is 0 Å². The molecule has 8 heteroatoms. The fraction of sp³-hybridized carbons (Fsp3) is 0.438. The molecule has 0 aliphatic carbocycles. The Morgan fingerprint density at radius 3 is 2.71 bits per heavy atom. The minimum Gasteiger partial charge on any atom is -0.506 e. The fourth-order valence-electron chi connectivity index (χ4n) is 2.96. The number of aryl methyl sites for hydroxylation is 1. The number of hydrogen-bond donors (Lipinski definition) is 2. The maximum atomic E-state index is 12.0. The van der Waals surface area contributed by atoms with Gasteiger partial charge >= 0.3 is 5.63 Å². The number of halogens is 1. The van der Waals surface area contributed by atoms with Crippen LogP contribution in [0.3, 0.4) is 0 Å². The predicted molar refractivity (Wildman–Crippen MR) is 92.5 cm³/mol. The number of aromatic hydroxyl groups is 1. The van der Waals surface area contributed by atoms with E-state index in [0.29, 0.717) is 22.9 Å². The van der Waals surface area contributed by atoms with Gasteiger partial charge in [0.15, 0.2) is 9.84 Å². The molecule has 1 atom stereocenters. The number of phenolic OH excluding ortho intramolecular Hbond substituents is 1. The van der Waals surface area contributed by atoms with E-state index in [-0.39, 0.29) is 40.4 Å². The number of rotatable bonds is 3. The van der Waals surface area contributed by atoms with E-state index in [1.165, 1.54) is 0 Å². The topological polar surface area (TPSA) is 96.6 Å². The molecular weight excluding hydrogens is 354 g/mol. The zero-order chi connectivity index (χ0) is 17.6. The molecule has 0 saturated carbocycles. The number of fused-ring (bicyclic) bond motifs is 1. The quantitative estimate of drug-likeness (QED) is 0.801. The summed E-state index contributed by atoms with van der Waals surface area (Å²) in [7, 11) is -3.00. The molecule has 0 radical (unpaired) electrons. The van der Waals surface area contributed by atoms with Crippen LogP contribution in [0, 0.1) is 13.8 Å². The standard InChI is InChI=1S/C16H18ClNO5S/c1-8-9(2)16(20)23-15-11(8)5-13(17)14(19)12(15)6-18-10-3-4-24(21,22)7-10/h5,10,18-19H,3-4,6-7H2,1-2H3. The Morgan fingerprint density at radius 1 is 1.38 bits per heavy atom. The minimum absolute atomic E-state index is 0.0638. The normalized spacial score (nSPS) is 19.9. The van der Waals surface area contributed by atoms with Crippen molar-refractivity contribution in [1.82, 2.24) is 5.32 Å². The average Bonchev–Trinajstić information content (AvgIpc) is 2.86. The van der Waals surface area contributed by atoms with Crippen LogP contribution < -0.4 is 10.9 Å². The van der Waals surface area contributed by atoms with Crippen LogP contribution >= 0.6 is 11.6 Å². The second-order valence-electron chi connectivity index (χ2n) is 6.18. The molecule has 0 bridgehead atoms. The van der Waals surface area contributed by atoms with Gasteiger partial charge < -0.3 is 14.8 Å². The van der Waals surface area contributed by atoms with Gasteiger partial charge in [0.2, 0.25) is 0 Å². The lowest BCUT2D eigenvalue weighted by Crippen LogP contribution is -2.29. The zero-order valence-electron chi connectivity index (χ0n) is 13.3. The molecule has 2 N–H and O–H groups in total. The van der Waals surface area contributed by atoms with Crippen molar-refractivity contribution in [3.8, 4) is 5.75 Å². The van der Waals surface area contributed by atoms with Crippen molar-refractivity contribution in [2.75, 3.05) is 11.5 Å². The Kier molecular flexibility index (Phi) is 4.36. The van der Waals surface area contributed by atoms with Crippen molar-refractivity contribution in [2.24, 2.45) is 0 Å². The molecule has 24 heavy (non-hydrogen) atoms. The molecule has 1 aliphatic heterocycles. The Morgan fingerprint density at radius 2 is 2.08 bits per heavy atom. The van der Waals surface area contributed by atoms with Gasteiger partial charge in [0.25, 0.3) is 0 Å². The lowest BCUT2D eigenvalue weighted by molar-refractivity contribution is 0.455. The van der Waals surface area contributed by atoms with E-state index in [0.717, 1.165) is 5.56 Å². The second kappa shape index (κ2) is 6.06. The molecule has 2 aromatic rings. The fourth-order valence-corrected chi connectivity index (χ4v) is 4.89. The van der Waals surface area contributed by atoms with Crippen LogP contribution in [0.2, 0.25) is 5.02 Å². The summed E-state index contributed by atoms with van der Waals surface area (Å²) in [6.45, 7) is 3.62. The molecule has 130 valence electrons. The van der Waals surface area contributed by atoms with Crippen molar-refractivity contribution >= 4 is 32.4 Å². The Balaban J connectivity index is 2.03. The first-order valence-corrected chi connectivity index (χ1v) is 9.77. The maximum Gasteiger partial charge on any atom is 0.339 e. The number of benzene rings is 1. The van der Waals surface area contributed by atoms with Crippen LogP contribution in [-0.4, -0.2) is 31.1 Å². The van der Waals surface area contributed by atoms with Crippen LogP contribution in [0.1, 0.15) is 23.1 Å². The molecule has 1 fully saturated rings. The van der Waals surface area contributed by atoms with Crippen LogP contribution in [0.4, 0.5) is 0 Å². The lowest BCUT2D eigenvalue weighted by Gasteiger charge is -2.15. The van der Waals surface area contributed by atoms with Crippen molar-refractivity contribution < 1.29 is 17.9 Å². The number of sulfone groups is 1. The molecule has 1 saturated heterocycles. The monoisotopic (exact) mass is 371 g/mol. The van der Waals surface area contributed by atoms with Crippen LogP contribution in [-0.2, 0) is 16.4 Å². The summed E-state index contributed by atoms with van der Waals surface area (Å²) in [6, 6.07) is 1.38. The summed E-state index contributed by atoms with van der Waals surface area (Å²) < 4.78 is 28.4. The first kappa shape index (κ1) is 17.3. The number of phenols is 1.